The van der Waals surface area contributed by atoms with Crippen LogP contribution < -0.4 is 0 Å². The molecule has 0 fully saturated rings. The van der Waals surface area contributed by atoms with E-state index in [1.807, 2.05) is 0 Å². The smallest absolute Gasteiger partial charge is 0.388 e. The van der Waals surface area contributed by atoms with Crippen molar-refractivity contribution >= 4 is 0 Å². The van der Waals surface area contributed by atoms with Gasteiger partial charge in [0.25, 0.3) is 0 Å². The molecule has 0 bridgehead atoms. The largest absolute Gasteiger partial charge is 0.460 e. The maximum absolute atomic E-state index is 14.1. The lowest BCUT2D eigenvalue weighted by molar-refractivity contribution is -0.453. The highest BCUT2D eigenvalue weighted by Gasteiger charge is 2.93. The molecule has 1 N–H and O–H groups in total. The van der Waals surface area contributed by atoms with Crippen LogP contribution in [-0.2, 0) is 6.42 Å². The molecule has 1 nitrogen and oxygen atoms in total. The molecule has 0 aliphatic heterocycles. The normalized spacial score (nSPS) is 16.1. The molecule has 0 saturated carbocycles. The van der Waals surface area contributed by atoms with E-state index in [4.69, 9.17) is 0 Å². The Morgan fingerprint density at radius 3 is 1.46 bits per heavy atom. The van der Waals surface area contributed by atoms with E-state index in [-0.39, 0.29) is 17.9 Å². The van der Waals surface area contributed by atoms with Crippen molar-refractivity contribution in [1.29, 1.82) is 0 Å². The standard InChI is InChI=1S/C19H17F15O/c1-9(2)7-10-5-3-4-6-11(10)12(35)8-13(20,21)14(22,23)15(24,25)16(26,27)17(28,29)18(30,31)19(32,33)34/h3-6,9,12,35H,7-8H2,1-2H3. The van der Waals surface area contributed by atoms with Gasteiger partial charge in [0.1, 0.15) is 0 Å². The zero-order valence-electron chi connectivity index (χ0n) is 17.5. The van der Waals surface area contributed by atoms with Crippen molar-refractivity contribution in [2.45, 2.75) is 74.5 Å². The number of alkyl halides is 15. The molecule has 1 atom stereocenters. The van der Waals surface area contributed by atoms with Crippen LogP contribution in [0.3, 0.4) is 0 Å². The Morgan fingerprint density at radius 2 is 1.03 bits per heavy atom. The Morgan fingerprint density at radius 1 is 0.629 bits per heavy atom. The first-order valence-electron chi connectivity index (χ1n) is 9.39. The molecule has 1 aromatic rings. The fraction of sp³-hybridized carbons (Fsp3) is 0.684. The summed E-state index contributed by atoms with van der Waals surface area (Å²) in [6.07, 6.45) is -13.2. The minimum atomic E-state index is -8.34. The van der Waals surface area contributed by atoms with Crippen molar-refractivity contribution in [1.82, 2.24) is 0 Å². The minimum absolute atomic E-state index is 0.0160. The van der Waals surface area contributed by atoms with Crippen LogP contribution in [0.25, 0.3) is 0 Å². The van der Waals surface area contributed by atoms with Gasteiger partial charge in [0.15, 0.2) is 0 Å². The van der Waals surface area contributed by atoms with Crippen molar-refractivity contribution in [2.75, 3.05) is 0 Å². The van der Waals surface area contributed by atoms with Crippen LogP contribution >= 0.6 is 0 Å². The second-order valence-electron chi connectivity index (χ2n) is 8.09. The molecule has 204 valence electrons. The number of aliphatic hydroxyl groups excluding tert-OH is 1. The summed E-state index contributed by atoms with van der Waals surface area (Å²) in [5.74, 6) is -47.2. The lowest BCUT2D eigenvalue weighted by atomic mass is 9.87. The maximum atomic E-state index is 14.1. The van der Waals surface area contributed by atoms with Gasteiger partial charge in [-0.3, -0.25) is 0 Å². The Balaban J connectivity index is 3.47. The lowest BCUT2D eigenvalue weighted by Crippen LogP contribution is -2.72. The molecule has 0 saturated heterocycles. The SMILES string of the molecule is CC(C)Cc1ccccc1C(O)CC(F)(F)C(F)(F)C(F)(F)C(F)(F)C(F)(F)C(F)(F)C(F)(F)F. The van der Waals surface area contributed by atoms with Crippen LogP contribution in [0.1, 0.15) is 37.5 Å². The quantitative estimate of drug-likeness (QED) is 0.299. The van der Waals surface area contributed by atoms with Gasteiger partial charge in [0.05, 0.1) is 6.10 Å². The lowest BCUT2D eigenvalue weighted by Gasteiger charge is -2.41. The van der Waals surface area contributed by atoms with Gasteiger partial charge >= 0.3 is 41.7 Å². The van der Waals surface area contributed by atoms with E-state index in [1.165, 1.54) is 12.1 Å². The monoisotopic (exact) mass is 546 g/mol. The van der Waals surface area contributed by atoms with Crippen LogP contribution in [0, 0.1) is 5.92 Å². The highest BCUT2D eigenvalue weighted by Crippen LogP contribution is 2.63. The number of aliphatic hydroxyl groups is 1. The third kappa shape index (κ3) is 5.03. The fourth-order valence-corrected chi connectivity index (χ4v) is 2.97. The molecule has 0 amide bonds. The Hall–Kier alpha value is -1.87. The van der Waals surface area contributed by atoms with E-state index in [9.17, 15) is 71.0 Å². The van der Waals surface area contributed by atoms with Crippen LogP contribution in [-0.4, -0.2) is 46.8 Å². The maximum Gasteiger partial charge on any atom is 0.460 e. The molecule has 1 rings (SSSR count). The molecule has 0 aliphatic carbocycles. The van der Waals surface area contributed by atoms with Gasteiger partial charge in [0.2, 0.25) is 0 Å². The highest BCUT2D eigenvalue weighted by atomic mass is 19.4. The molecule has 0 spiro atoms. The number of halogens is 15. The molecule has 0 heterocycles. The Labute approximate surface area is 187 Å². The summed E-state index contributed by atoms with van der Waals surface area (Å²) >= 11 is 0. The molecule has 0 aromatic heterocycles. The first-order chi connectivity index (χ1) is 15.3. The number of hydrogen-bond donors (Lipinski definition) is 1. The first kappa shape index (κ1) is 31.2. The number of rotatable bonds is 10. The molecule has 1 aromatic carbocycles. The third-order valence-electron chi connectivity index (χ3n) is 4.88. The summed E-state index contributed by atoms with van der Waals surface area (Å²) in [7, 11) is 0. The fourth-order valence-electron chi connectivity index (χ4n) is 2.97. The van der Waals surface area contributed by atoms with E-state index in [1.54, 1.807) is 13.8 Å². The average Bonchev–Trinajstić information content (AvgIpc) is 2.65. The van der Waals surface area contributed by atoms with E-state index >= 15 is 0 Å². The molecular weight excluding hydrogens is 529 g/mol. The predicted molar refractivity (Wildman–Crippen MR) is 90.3 cm³/mol. The van der Waals surface area contributed by atoms with E-state index in [0.717, 1.165) is 12.1 Å². The van der Waals surface area contributed by atoms with Gasteiger partial charge in [-0.15, -0.1) is 0 Å². The van der Waals surface area contributed by atoms with E-state index in [0.29, 0.717) is 0 Å². The average molecular weight is 546 g/mol. The molecular formula is C19H17F15O. The Bertz CT molecular complexity index is 873. The second-order valence-corrected chi connectivity index (χ2v) is 8.09. The van der Waals surface area contributed by atoms with Crippen molar-refractivity contribution in [2.24, 2.45) is 5.92 Å². The predicted octanol–water partition coefficient (Wildman–Crippen LogP) is 7.68. The molecule has 16 heteroatoms. The van der Waals surface area contributed by atoms with Gasteiger partial charge in [-0.2, -0.15) is 65.9 Å². The Kier molecular flexibility index (Phi) is 8.20. The summed E-state index contributed by atoms with van der Waals surface area (Å²) in [6, 6.07) is 4.47. The summed E-state index contributed by atoms with van der Waals surface area (Å²) in [4.78, 5) is 0. The second kappa shape index (κ2) is 9.21. The zero-order valence-corrected chi connectivity index (χ0v) is 17.5. The van der Waals surface area contributed by atoms with Gasteiger partial charge in [-0.25, -0.2) is 0 Å². The van der Waals surface area contributed by atoms with Gasteiger partial charge in [-0.05, 0) is 23.5 Å². The third-order valence-corrected chi connectivity index (χ3v) is 4.88. The van der Waals surface area contributed by atoms with Gasteiger partial charge in [0, 0.05) is 6.42 Å². The summed E-state index contributed by atoms with van der Waals surface area (Å²) in [5, 5.41) is 9.91. The van der Waals surface area contributed by atoms with Crippen LogP contribution in [0.5, 0.6) is 0 Å². The highest BCUT2D eigenvalue weighted by molar-refractivity contribution is 5.30. The molecule has 1 unspecified atom stereocenters. The van der Waals surface area contributed by atoms with Crippen LogP contribution in [0.2, 0.25) is 0 Å². The van der Waals surface area contributed by atoms with Crippen molar-refractivity contribution in [3.8, 4) is 0 Å². The van der Waals surface area contributed by atoms with Crippen LogP contribution in [0.4, 0.5) is 65.9 Å². The summed E-state index contributed by atoms with van der Waals surface area (Å²) in [5.41, 5.74) is -0.525. The number of hydrogen-bond acceptors (Lipinski definition) is 1. The number of benzene rings is 1. The van der Waals surface area contributed by atoms with Crippen molar-refractivity contribution in [3.63, 3.8) is 0 Å². The van der Waals surface area contributed by atoms with Gasteiger partial charge in [-0.1, -0.05) is 38.1 Å². The summed E-state index contributed by atoms with van der Waals surface area (Å²) in [6.45, 7) is 3.18. The minimum Gasteiger partial charge on any atom is -0.388 e. The van der Waals surface area contributed by atoms with E-state index in [2.05, 4.69) is 0 Å². The van der Waals surface area contributed by atoms with E-state index < -0.39 is 59.8 Å². The van der Waals surface area contributed by atoms with Crippen LogP contribution in [0.15, 0.2) is 24.3 Å². The molecule has 35 heavy (non-hydrogen) atoms. The topological polar surface area (TPSA) is 20.2 Å². The van der Waals surface area contributed by atoms with Crippen molar-refractivity contribution < 1.29 is 71.0 Å². The van der Waals surface area contributed by atoms with Gasteiger partial charge < -0.3 is 5.11 Å². The molecule has 0 aliphatic rings. The summed E-state index contributed by atoms with van der Waals surface area (Å²) < 4.78 is 199. The van der Waals surface area contributed by atoms with Crippen molar-refractivity contribution in [3.05, 3.63) is 35.4 Å². The first-order valence-corrected chi connectivity index (χ1v) is 9.39. The zero-order chi connectivity index (χ0) is 28.1. The molecule has 0 radical (unpaired) electrons.